The van der Waals surface area contributed by atoms with Crippen LogP contribution in [0.25, 0.3) is 0 Å². The Morgan fingerprint density at radius 3 is 2.54 bits per heavy atom. The first-order valence-corrected chi connectivity index (χ1v) is 9.24. The summed E-state index contributed by atoms with van der Waals surface area (Å²) in [5.41, 5.74) is 0. The summed E-state index contributed by atoms with van der Waals surface area (Å²) in [5.74, 6) is 0.861. The number of furan rings is 1. The normalized spacial score (nSPS) is 16.3. The standard InChI is InChI=1S/C16H19N3O4S/c1-2-13-5-6-15(23-13)16(20)18-8-10-19(11-9-18)24(21,22)14-4-3-7-17-12-14/h3-7,12H,2,8-11H2,1H3. The molecule has 128 valence electrons. The Labute approximate surface area is 140 Å². The molecule has 0 aromatic carbocycles. The molecule has 0 N–H and O–H groups in total. The molecule has 24 heavy (non-hydrogen) atoms. The molecule has 2 aromatic rings. The molecule has 0 radical (unpaired) electrons. The topological polar surface area (TPSA) is 83.7 Å². The maximum Gasteiger partial charge on any atom is 0.289 e. The fourth-order valence-corrected chi connectivity index (χ4v) is 4.01. The van der Waals surface area contributed by atoms with E-state index in [-0.39, 0.29) is 23.9 Å². The highest BCUT2D eigenvalue weighted by atomic mass is 32.2. The van der Waals surface area contributed by atoms with E-state index in [1.165, 1.54) is 22.8 Å². The zero-order valence-electron chi connectivity index (χ0n) is 13.4. The first-order valence-electron chi connectivity index (χ1n) is 7.80. The lowest BCUT2D eigenvalue weighted by Crippen LogP contribution is -2.50. The minimum Gasteiger partial charge on any atom is -0.456 e. The van der Waals surface area contributed by atoms with Crippen LogP contribution in [-0.2, 0) is 16.4 Å². The van der Waals surface area contributed by atoms with Gasteiger partial charge in [-0.25, -0.2) is 8.42 Å². The number of rotatable bonds is 4. The van der Waals surface area contributed by atoms with Gasteiger partial charge in [-0.3, -0.25) is 9.78 Å². The zero-order chi connectivity index (χ0) is 17.2. The number of aromatic nitrogens is 1. The van der Waals surface area contributed by atoms with Crippen molar-refractivity contribution in [1.29, 1.82) is 0 Å². The highest BCUT2D eigenvalue weighted by Gasteiger charge is 2.31. The van der Waals surface area contributed by atoms with Crippen molar-refractivity contribution in [3.8, 4) is 0 Å². The van der Waals surface area contributed by atoms with E-state index in [4.69, 9.17) is 4.42 Å². The molecule has 8 heteroatoms. The van der Waals surface area contributed by atoms with E-state index in [1.54, 1.807) is 23.1 Å². The summed E-state index contributed by atoms with van der Waals surface area (Å²) in [6, 6.07) is 6.57. The molecule has 0 bridgehead atoms. The average molecular weight is 349 g/mol. The van der Waals surface area contributed by atoms with E-state index in [1.807, 2.05) is 6.92 Å². The predicted octanol–water partition coefficient (Wildman–Crippen LogP) is 1.38. The van der Waals surface area contributed by atoms with Crippen molar-refractivity contribution < 1.29 is 17.6 Å². The largest absolute Gasteiger partial charge is 0.456 e. The number of sulfonamides is 1. The van der Waals surface area contributed by atoms with Crippen LogP contribution in [0.3, 0.4) is 0 Å². The van der Waals surface area contributed by atoms with Crippen molar-refractivity contribution in [2.45, 2.75) is 18.2 Å². The molecule has 1 aliphatic heterocycles. The third kappa shape index (κ3) is 3.20. The lowest BCUT2D eigenvalue weighted by molar-refractivity contribution is 0.0664. The van der Waals surface area contributed by atoms with Gasteiger partial charge >= 0.3 is 0 Å². The van der Waals surface area contributed by atoms with Crippen LogP contribution in [0.4, 0.5) is 0 Å². The van der Waals surface area contributed by atoms with Gasteiger partial charge in [-0.2, -0.15) is 4.31 Å². The number of hydrogen-bond donors (Lipinski definition) is 0. The lowest BCUT2D eigenvalue weighted by atomic mass is 10.3. The number of nitrogens with zero attached hydrogens (tertiary/aromatic N) is 3. The minimum absolute atomic E-state index is 0.170. The van der Waals surface area contributed by atoms with Crippen molar-refractivity contribution in [1.82, 2.24) is 14.2 Å². The minimum atomic E-state index is -3.57. The Morgan fingerprint density at radius 2 is 1.96 bits per heavy atom. The molecule has 1 aliphatic rings. The van der Waals surface area contributed by atoms with Gasteiger partial charge in [-0.15, -0.1) is 0 Å². The number of amides is 1. The van der Waals surface area contributed by atoms with Gasteiger partial charge in [0.15, 0.2) is 5.76 Å². The van der Waals surface area contributed by atoms with Gasteiger partial charge in [-0.05, 0) is 24.3 Å². The van der Waals surface area contributed by atoms with Crippen molar-refractivity contribution in [2.24, 2.45) is 0 Å². The fraction of sp³-hybridized carbons (Fsp3) is 0.375. The monoisotopic (exact) mass is 349 g/mol. The summed E-state index contributed by atoms with van der Waals surface area (Å²) in [6.45, 7) is 3.13. The van der Waals surface area contributed by atoms with E-state index < -0.39 is 10.0 Å². The van der Waals surface area contributed by atoms with Crippen LogP contribution >= 0.6 is 0 Å². The average Bonchev–Trinajstić information content (AvgIpc) is 3.11. The number of carbonyl (C=O) groups is 1. The van der Waals surface area contributed by atoms with Crippen LogP contribution in [0.1, 0.15) is 23.2 Å². The molecule has 7 nitrogen and oxygen atoms in total. The van der Waals surface area contributed by atoms with Crippen molar-refractivity contribution in [2.75, 3.05) is 26.2 Å². The summed E-state index contributed by atoms with van der Waals surface area (Å²) in [4.78, 5) is 18.1. The molecular weight excluding hydrogens is 330 g/mol. The van der Waals surface area contributed by atoms with E-state index in [0.717, 1.165) is 12.2 Å². The summed E-state index contributed by atoms with van der Waals surface area (Å²) < 4.78 is 31.9. The molecule has 3 rings (SSSR count). The van der Waals surface area contributed by atoms with Gasteiger partial charge in [-0.1, -0.05) is 6.92 Å². The Morgan fingerprint density at radius 1 is 1.21 bits per heavy atom. The fourth-order valence-electron chi connectivity index (χ4n) is 2.62. The Hall–Kier alpha value is -2.19. The predicted molar refractivity (Wildman–Crippen MR) is 87.0 cm³/mol. The summed E-state index contributed by atoms with van der Waals surface area (Å²) >= 11 is 0. The number of pyridine rings is 1. The van der Waals surface area contributed by atoms with Crippen LogP contribution < -0.4 is 0 Å². The quantitative estimate of drug-likeness (QED) is 0.833. The van der Waals surface area contributed by atoms with Crippen molar-refractivity contribution in [3.63, 3.8) is 0 Å². The van der Waals surface area contributed by atoms with Gasteiger partial charge in [0.2, 0.25) is 10.0 Å². The second-order valence-electron chi connectivity index (χ2n) is 5.50. The number of piperazine rings is 1. The first kappa shape index (κ1) is 16.7. The molecule has 2 aromatic heterocycles. The lowest BCUT2D eigenvalue weighted by Gasteiger charge is -2.33. The van der Waals surface area contributed by atoms with Crippen molar-refractivity contribution in [3.05, 3.63) is 48.2 Å². The molecule has 0 unspecified atom stereocenters. The molecule has 1 fully saturated rings. The molecule has 0 atom stereocenters. The number of hydrogen-bond acceptors (Lipinski definition) is 5. The molecular formula is C16H19N3O4S. The number of carbonyl (C=O) groups excluding carboxylic acids is 1. The Balaban J connectivity index is 1.66. The molecule has 0 spiro atoms. The Kier molecular flexibility index (Phi) is 4.68. The molecule has 0 aliphatic carbocycles. The molecule has 1 saturated heterocycles. The highest BCUT2D eigenvalue weighted by Crippen LogP contribution is 2.18. The second kappa shape index (κ2) is 6.74. The number of aryl methyl sites for hydroxylation is 1. The Bertz CT molecular complexity index is 809. The molecule has 1 amide bonds. The summed E-state index contributed by atoms with van der Waals surface area (Å²) in [5, 5.41) is 0. The zero-order valence-corrected chi connectivity index (χ0v) is 14.2. The third-order valence-corrected chi connectivity index (χ3v) is 5.90. The van der Waals surface area contributed by atoms with E-state index in [2.05, 4.69) is 4.98 Å². The van der Waals surface area contributed by atoms with Crippen LogP contribution in [0.5, 0.6) is 0 Å². The molecule has 3 heterocycles. The van der Waals surface area contributed by atoms with Gasteiger partial charge in [0, 0.05) is 45.0 Å². The van der Waals surface area contributed by atoms with Gasteiger partial charge in [0.05, 0.1) is 0 Å². The smallest absolute Gasteiger partial charge is 0.289 e. The molecule has 0 saturated carbocycles. The van der Waals surface area contributed by atoms with E-state index in [0.29, 0.717) is 18.8 Å². The third-order valence-electron chi connectivity index (χ3n) is 4.02. The summed E-state index contributed by atoms with van der Waals surface area (Å²) in [7, 11) is -3.57. The highest BCUT2D eigenvalue weighted by molar-refractivity contribution is 7.89. The van der Waals surface area contributed by atoms with E-state index in [9.17, 15) is 13.2 Å². The summed E-state index contributed by atoms with van der Waals surface area (Å²) in [6.07, 6.45) is 3.59. The van der Waals surface area contributed by atoms with Crippen LogP contribution in [0.2, 0.25) is 0 Å². The van der Waals surface area contributed by atoms with E-state index >= 15 is 0 Å². The van der Waals surface area contributed by atoms with Gasteiger partial charge in [0.25, 0.3) is 5.91 Å². The maximum atomic E-state index is 12.5. The van der Waals surface area contributed by atoms with Crippen LogP contribution in [-0.4, -0.2) is 54.7 Å². The van der Waals surface area contributed by atoms with Gasteiger partial charge < -0.3 is 9.32 Å². The second-order valence-corrected chi connectivity index (χ2v) is 7.44. The SMILES string of the molecule is CCc1ccc(C(=O)N2CCN(S(=O)(=O)c3cccnc3)CC2)o1. The van der Waals surface area contributed by atoms with Crippen LogP contribution in [0, 0.1) is 0 Å². The van der Waals surface area contributed by atoms with Crippen molar-refractivity contribution >= 4 is 15.9 Å². The maximum absolute atomic E-state index is 12.5. The van der Waals surface area contributed by atoms with Gasteiger partial charge in [0.1, 0.15) is 10.7 Å². The first-order chi connectivity index (χ1) is 11.5. The van der Waals surface area contributed by atoms with Crippen LogP contribution in [0.15, 0.2) is 46.0 Å².